The fourth-order valence-electron chi connectivity index (χ4n) is 3.26. The lowest BCUT2D eigenvalue weighted by Gasteiger charge is -2.34. The number of anilines is 1. The number of carbonyl (C=O) groups excluding carboxylic acids is 1. The normalized spacial score (nSPS) is 24.8. The van der Waals surface area contributed by atoms with Gasteiger partial charge in [-0.1, -0.05) is 6.42 Å². The molecule has 8 heteroatoms. The molecule has 0 aromatic heterocycles. The number of benzene rings is 1. The highest BCUT2D eigenvalue weighted by Gasteiger charge is 2.34. The number of nitrogens with one attached hydrogen (secondary N) is 2. The Labute approximate surface area is 138 Å². The molecule has 2 saturated heterocycles. The zero-order valence-corrected chi connectivity index (χ0v) is 13.2. The SMILES string of the molecule is O=C(Nc1cc(F)cc(F)c1F)N[C@H]1COC[C@@H]1N1CCCCC1. The molecule has 2 aliphatic rings. The maximum absolute atomic E-state index is 13.6. The molecule has 0 aliphatic carbocycles. The predicted molar refractivity (Wildman–Crippen MR) is 82.3 cm³/mol. The molecule has 0 unspecified atom stereocenters. The van der Waals surface area contributed by atoms with Crippen LogP contribution < -0.4 is 10.6 Å². The minimum absolute atomic E-state index is 0.0603. The van der Waals surface area contributed by atoms with Crippen LogP contribution in [-0.2, 0) is 4.74 Å². The van der Waals surface area contributed by atoms with Crippen molar-refractivity contribution in [2.75, 3.05) is 31.6 Å². The largest absolute Gasteiger partial charge is 0.378 e. The van der Waals surface area contributed by atoms with Crippen LogP contribution in [0.5, 0.6) is 0 Å². The fourth-order valence-corrected chi connectivity index (χ4v) is 3.26. The van der Waals surface area contributed by atoms with Gasteiger partial charge in [0.15, 0.2) is 11.6 Å². The molecule has 0 bridgehead atoms. The minimum atomic E-state index is -1.35. The Balaban J connectivity index is 1.62. The average molecular weight is 343 g/mol. The van der Waals surface area contributed by atoms with E-state index in [1.165, 1.54) is 6.42 Å². The van der Waals surface area contributed by atoms with Crippen LogP contribution >= 0.6 is 0 Å². The molecular formula is C16H20F3N3O2. The number of ether oxygens (including phenoxy) is 1. The van der Waals surface area contributed by atoms with Gasteiger partial charge >= 0.3 is 6.03 Å². The smallest absolute Gasteiger partial charge is 0.319 e. The zero-order chi connectivity index (χ0) is 17.1. The van der Waals surface area contributed by atoms with Gasteiger partial charge in [-0.25, -0.2) is 18.0 Å². The van der Waals surface area contributed by atoms with Crippen molar-refractivity contribution in [2.24, 2.45) is 0 Å². The number of carbonyl (C=O) groups is 1. The monoisotopic (exact) mass is 343 g/mol. The Kier molecular flexibility index (Phi) is 5.25. The molecule has 24 heavy (non-hydrogen) atoms. The van der Waals surface area contributed by atoms with Crippen LogP contribution in [0.1, 0.15) is 19.3 Å². The summed E-state index contributed by atoms with van der Waals surface area (Å²) in [6.45, 7) is 2.79. The summed E-state index contributed by atoms with van der Waals surface area (Å²) < 4.78 is 45.4. The molecule has 1 aromatic carbocycles. The molecule has 2 heterocycles. The Bertz CT molecular complexity index is 608. The number of hydrogen-bond donors (Lipinski definition) is 2. The molecule has 3 rings (SSSR count). The molecule has 2 fully saturated rings. The van der Waals surface area contributed by atoms with Crippen molar-refractivity contribution >= 4 is 11.7 Å². The van der Waals surface area contributed by atoms with Gasteiger partial charge in [0, 0.05) is 12.1 Å². The number of likely N-dealkylation sites (tertiary alicyclic amines) is 1. The summed E-state index contributed by atoms with van der Waals surface area (Å²) in [4.78, 5) is 14.3. The molecule has 2 atom stereocenters. The fraction of sp³-hybridized carbons (Fsp3) is 0.562. The minimum Gasteiger partial charge on any atom is -0.378 e. The molecule has 5 nitrogen and oxygen atoms in total. The van der Waals surface area contributed by atoms with Crippen LogP contribution in [0.4, 0.5) is 23.7 Å². The van der Waals surface area contributed by atoms with Crippen LogP contribution in [0, 0.1) is 17.5 Å². The van der Waals surface area contributed by atoms with Gasteiger partial charge in [-0.05, 0) is 25.9 Å². The number of nitrogens with zero attached hydrogens (tertiary/aromatic N) is 1. The summed E-state index contributed by atoms with van der Waals surface area (Å²) in [5, 5.41) is 4.88. The lowest BCUT2D eigenvalue weighted by atomic mass is 10.1. The lowest BCUT2D eigenvalue weighted by Crippen LogP contribution is -2.53. The Hall–Kier alpha value is -1.80. The number of halogens is 3. The molecule has 0 saturated carbocycles. The zero-order valence-electron chi connectivity index (χ0n) is 13.2. The highest BCUT2D eigenvalue weighted by atomic mass is 19.2. The van der Waals surface area contributed by atoms with Gasteiger partial charge in [-0.2, -0.15) is 0 Å². The molecular weight excluding hydrogens is 323 g/mol. The summed E-state index contributed by atoms with van der Waals surface area (Å²) in [6, 6.07) is 0.270. The average Bonchev–Trinajstić information content (AvgIpc) is 3.01. The second-order valence-corrected chi connectivity index (χ2v) is 6.16. The van der Waals surface area contributed by atoms with Crippen molar-refractivity contribution < 1.29 is 22.7 Å². The molecule has 1 aromatic rings. The van der Waals surface area contributed by atoms with Crippen molar-refractivity contribution in [3.05, 3.63) is 29.6 Å². The highest BCUT2D eigenvalue weighted by molar-refractivity contribution is 5.89. The third-order valence-electron chi connectivity index (χ3n) is 4.47. The first-order chi connectivity index (χ1) is 11.5. The van der Waals surface area contributed by atoms with E-state index in [2.05, 4.69) is 15.5 Å². The van der Waals surface area contributed by atoms with E-state index in [1.807, 2.05) is 0 Å². The molecule has 132 valence electrons. The standard InChI is InChI=1S/C16H20F3N3O2/c17-10-6-11(18)15(19)12(7-10)20-16(23)21-13-8-24-9-14(13)22-4-2-1-3-5-22/h6-7,13-14H,1-5,8-9H2,(H2,20,21,23)/t13-,14-/m0/s1. The van der Waals surface area contributed by atoms with Crippen molar-refractivity contribution in [3.8, 4) is 0 Å². The van der Waals surface area contributed by atoms with Gasteiger partial charge in [0.1, 0.15) is 5.82 Å². The lowest BCUT2D eigenvalue weighted by molar-refractivity contribution is 0.125. The summed E-state index contributed by atoms with van der Waals surface area (Å²) in [5.41, 5.74) is -0.529. The number of piperidine rings is 1. The summed E-state index contributed by atoms with van der Waals surface area (Å²) in [6.07, 6.45) is 3.43. The Morgan fingerprint density at radius 3 is 2.62 bits per heavy atom. The van der Waals surface area contributed by atoms with Crippen molar-refractivity contribution in [3.63, 3.8) is 0 Å². The predicted octanol–water partition coefficient (Wildman–Crippen LogP) is 2.48. The van der Waals surface area contributed by atoms with Crippen molar-refractivity contribution in [1.29, 1.82) is 0 Å². The molecule has 0 spiro atoms. The third-order valence-corrected chi connectivity index (χ3v) is 4.47. The second-order valence-electron chi connectivity index (χ2n) is 6.16. The van der Waals surface area contributed by atoms with E-state index in [1.54, 1.807) is 0 Å². The van der Waals surface area contributed by atoms with E-state index in [9.17, 15) is 18.0 Å². The van der Waals surface area contributed by atoms with E-state index in [-0.39, 0.29) is 12.1 Å². The Morgan fingerprint density at radius 2 is 1.88 bits per heavy atom. The second kappa shape index (κ2) is 7.40. The number of hydrogen-bond acceptors (Lipinski definition) is 3. The summed E-state index contributed by atoms with van der Waals surface area (Å²) >= 11 is 0. The van der Waals surface area contributed by atoms with Gasteiger partial charge in [-0.3, -0.25) is 4.90 Å². The van der Waals surface area contributed by atoms with E-state index >= 15 is 0 Å². The number of amides is 2. The van der Waals surface area contributed by atoms with E-state index in [0.717, 1.165) is 32.0 Å². The van der Waals surface area contributed by atoms with Crippen LogP contribution in [0.15, 0.2) is 12.1 Å². The van der Waals surface area contributed by atoms with Crippen LogP contribution in [-0.4, -0.2) is 49.3 Å². The molecule has 0 radical (unpaired) electrons. The van der Waals surface area contributed by atoms with E-state index in [4.69, 9.17) is 4.74 Å². The first kappa shape index (κ1) is 17.0. The van der Waals surface area contributed by atoms with Crippen molar-refractivity contribution in [2.45, 2.75) is 31.3 Å². The van der Waals surface area contributed by atoms with Gasteiger partial charge in [-0.15, -0.1) is 0 Å². The molecule has 2 N–H and O–H groups in total. The summed E-state index contributed by atoms with van der Waals surface area (Å²) in [5.74, 6) is -3.60. The first-order valence-corrected chi connectivity index (χ1v) is 8.08. The highest BCUT2D eigenvalue weighted by Crippen LogP contribution is 2.21. The quantitative estimate of drug-likeness (QED) is 0.829. The molecule has 2 aliphatic heterocycles. The third kappa shape index (κ3) is 3.81. The molecule has 2 amide bonds. The Morgan fingerprint density at radius 1 is 1.12 bits per heavy atom. The maximum Gasteiger partial charge on any atom is 0.319 e. The van der Waals surface area contributed by atoms with Gasteiger partial charge in [0.25, 0.3) is 0 Å². The van der Waals surface area contributed by atoms with Crippen LogP contribution in [0.25, 0.3) is 0 Å². The number of rotatable bonds is 3. The summed E-state index contributed by atoms with van der Waals surface area (Å²) in [7, 11) is 0. The maximum atomic E-state index is 13.6. The number of urea groups is 1. The van der Waals surface area contributed by atoms with Crippen LogP contribution in [0.2, 0.25) is 0 Å². The van der Waals surface area contributed by atoms with Gasteiger partial charge in [0.2, 0.25) is 0 Å². The first-order valence-electron chi connectivity index (χ1n) is 8.08. The topological polar surface area (TPSA) is 53.6 Å². The van der Waals surface area contributed by atoms with E-state index < -0.39 is 29.2 Å². The van der Waals surface area contributed by atoms with Gasteiger partial charge in [0.05, 0.1) is 31.0 Å². The van der Waals surface area contributed by atoms with Crippen molar-refractivity contribution in [1.82, 2.24) is 10.2 Å². The van der Waals surface area contributed by atoms with Gasteiger partial charge < -0.3 is 15.4 Å². The van der Waals surface area contributed by atoms with Crippen LogP contribution in [0.3, 0.4) is 0 Å². The van der Waals surface area contributed by atoms with E-state index in [0.29, 0.717) is 19.3 Å².